The van der Waals surface area contributed by atoms with Gasteiger partial charge in [-0.2, -0.15) is 0 Å². The molecule has 0 aliphatic heterocycles. The quantitative estimate of drug-likeness (QED) is 0.828. The zero-order valence-corrected chi connectivity index (χ0v) is 13.6. The standard InChI is InChI=1S/C16H22N2O5/c1-9-8-13(10(2)22-9)15(20)23-11(3)14(19)18-16(21)17-12-6-4-5-7-12/h8,11-12H,4-7H2,1-3H3,(H2,17,18,19,21). The Bertz CT molecular complexity index is 602. The smallest absolute Gasteiger partial charge is 0.342 e. The average molecular weight is 322 g/mol. The summed E-state index contributed by atoms with van der Waals surface area (Å²) in [7, 11) is 0. The van der Waals surface area contributed by atoms with Crippen LogP contribution >= 0.6 is 0 Å². The highest BCUT2D eigenvalue weighted by Gasteiger charge is 2.24. The Kier molecular flexibility index (Phi) is 5.41. The minimum atomic E-state index is -1.08. The third-order valence-electron chi connectivity index (χ3n) is 3.84. The molecule has 0 saturated heterocycles. The van der Waals surface area contributed by atoms with Gasteiger partial charge < -0.3 is 14.5 Å². The van der Waals surface area contributed by atoms with Crippen molar-refractivity contribution in [3.8, 4) is 0 Å². The number of imide groups is 1. The third-order valence-corrected chi connectivity index (χ3v) is 3.84. The maximum atomic E-state index is 12.0. The number of ether oxygens (including phenoxy) is 1. The fourth-order valence-electron chi connectivity index (χ4n) is 2.62. The monoisotopic (exact) mass is 322 g/mol. The molecule has 2 N–H and O–H groups in total. The Morgan fingerprint density at radius 2 is 1.91 bits per heavy atom. The van der Waals surface area contributed by atoms with E-state index in [-0.39, 0.29) is 11.6 Å². The maximum Gasteiger partial charge on any atom is 0.342 e. The van der Waals surface area contributed by atoms with E-state index < -0.39 is 24.0 Å². The first-order chi connectivity index (χ1) is 10.9. The number of hydrogen-bond acceptors (Lipinski definition) is 5. The molecule has 1 heterocycles. The van der Waals surface area contributed by atoms with Crippen LogP contribution in [0.1, 0.15) is 54.5 Å². The van der Waals surface area contributed by atoms with Gasteiger partial charge in [0.05, 0.1) is 0 Å². The lowest BCUT2D eigenvalue weighted by Crippen LogP contribution is -2.47. The van der Waals surface area contributed by atoms with Gasteiger partial charge in [-0.15, -0.1) is 0 Å². The van der Waals surface area contributed by atoms with Gasteiger partial charge in [-0.05, 0) is 39.7 Å². The Morgan fingerprint density at radius 3 is 2.48 bits per heavy atom. The lowest BCUT2D eigenvalue weighted by Gasteiger charge is -2.15. The average Bonchev–Trinajstić information content (AvgIpc) is 3.07. The number of carbonyl (C=O) groups is 3. The van der Waals surface area contributed by atoms with Crippen LogP contribution in [-0.2, 0) is 9.53 Å². The lowest BCUT2D eigenvalue weighted by molar-refractivity contribution is -0.127. The molecule has 1 saturated carbocycles. The molecule has 1 aromatic rings. The van der Waals surface area contributed by atoms with Crippen molar-refractivity contribution in [3.63, 3.8) is 0 Å². The van der Waals surface area contributed by atoms with Crippen molar-refractivity contribution in [1.29, 1.82) is 0 Å². The summed E-state index contributed by atoms with van der Waals surface area (Å²) in [5, 5.41) is 4.93. The number of rotatable bonds is 4. The van der Waals surface area contributed by atoms with Gasteiger partial charge in [0.25, 0.3) is 5.91 Å². The molecule has 2 rings (SSSR count). The number of amides is 3. The predicted molar refractivity (Wildman–Crippen MR) is 82.0 cm³/mol. The van der Waals surface area contributed by atoms with E-state index in [0.29, 0.717) is 11.5 Å². The molecule has 3 amide bonds. The van der Waals surface area contributed by atoms with Gasteiger partial charge >= 0.3 is 12.0 Å². The first-order valence-electron chi connectivity index (χ1n) is 7.76. The SMILES string of the molecule is Cc1cc(C(=O)OC(C)C(=O)NC(=O)NC2CCCC2)c(C)o1. The maximum absolute atomic E-state index is 12.0. The van der Waals surface area contributed by atoms with Crippen LogP contribution in [0.15, 0.2) is 10.5 Å². The molecule has 126 valence electrons. The molecule has 0 aromatic carbocycles. The van der Waals surface area contributed by atoms with Crippen molar-refractivity contribution in [2.24, 2.45) is 0 Å². The molecule has 1 aromatic heterocycles. The summed E-state index contributed by atoms with van der Waals surface area (Å²) >= 11 is 0. The third kappa shape index (κ3) is 4.58. The summed E-state index contributed by atoms with van der Waals surface area (Å²) in [5.74, 6) is -0.300. The van der Waals surface area contributed by atoms with Crippen LogP contribution in [0.5, 0.6) is 0 Å². The topological polar surface area (TPSA) is 97.6 Å². The van der Waals surface area contributed by atoms with Crippen molar-refractivity contribution < 1.29 is 23.5 Å². The molecule has 1 fully saturated rings. The minimum absolute atomic E-state index is 0.109. The number of carbonyl (C=O) groups excluding carboxylic acids is 3. The van der Waals surface area contributed by atoms with Crippen LogP contribution in [0.4, 0.5) is 4.79 Å². The zero-order chi connectivity index (χ0) is 17.0. The largest absolute Gasteiger partial charge is 0.466 e. The summed E-state index contributed by atoms with van der Waals surface area (Å²) in [5.41, 5.74) is 0.276. The summed E-state index contributed by atoms with van der Waals surface area (Å²) in [6.07, 6.45) is 2.93. The van der Waals surface area contributed by atoms with Crippen LogP contribution in [0, 0.1) is 13.8 Å². The molecule has 0 spiro atoms. The zero-order valence-electron chi connectivity index (χ0n) is 13.6. The van der Waals surface area contributed by atoms with Crippen molar-refractivity contribution >= 4 is 17.9 Å². The number of hydrogen-bond donors (Lipinski definition) is 2. The van der Waals surface area contributed by atoms with E-state index in [0.717, 1.165) is 25.7 Å². The van der Waals surface area contributed by atoms with E-state index in [9.17, 15) is 14.4 Å². The van der Waals surface area contributed by atoms with E-state index in [1.165, 1.54) is 6.92 Å². The summed E-state index contributed by atoms with van der Waals surface area (Å²) < 4.78 is 10.3. The second-order valence-electron chi connectivity index (χ2n) is 5.82. The van der Waals surface area contributed by atoms with Crippen molar-refractivity contribution in [3.05, 3.63) is 23.2 Å². The van der Waals surface area contributed by atoms with Gasteiger partial charge in [0.1, 0.15) is 17.1 Å². The van der Waals surface area contributed by atoms with Crippen LogP contribution < -0.4 is 10.6 Å². The first-order valence-corrected chi connectivity index (χ1v) is 7.76. The van der Waals surface area contributed by atoms with Gasteiger partial charge in [-0.1, -0.05) is 12.8 Å². The highest BCUT2D eigenvalue weighted by Crippen LogP contribution is 2.17. The second-order valence-corrected chi connectivity index (χ2v) is 5.82. The van der Waals surface area contributed by atoms with Gasteiger partial charge in [0.15, 0.2) is 6.10 Å². The Labute approximate surface area is 134 Å². The van der Waals surface area contributed by atoms with E-state index in [1.807, 2.05) is 0 Å². The number of aryl methyl sites for hydroxylation is 2. The van der Waals surface area contributed by atoms with Crippen LogP contribution in [0.25, 0.3) is 0 Å². The molecule has 0 bridgehead atoms. The van der Waals surface area contributed by atoms with E-state index in [1.54, 1.807) is 19.9 Å². The Morgan fingerprint density at radius 1 is 1.26 bits per heavy atom. The van der Waals surface area contributed by atoms with Crippen molar-refractivity contribution in [1.82, 2.24) is 10.6 Å². The Balaban J connectivity index is 1.83. The number of nitrogens with one attached hydrogen (secondary N) is 2. The van der Waals surface area contributed by atoms with Gasteiger partial charge in [-0.25, -0.2) is 9.59 Å². The number of esters is 1. The highest BCUT2D eigenvalue weighted by molar-refractivity contribution is 5.98. The number of furan rings is 1. The molecular weight excluding hydrogens is 300 g/mol. The molecule has 1 aliphatic carbocycles. The molecule has 23 heavy (non-hydrogen) atoms. The van der Waals surface area contributed by atoms with Gasteiger partial charge in [0.2, 0.25) is 0 Å². The molecule has 1 atom stereocenters. The van der Waals surface area contributed by atoms with E-state index >= 15 is 0 Å². The second kappa shape index (κ2) is 7.30. The normalized spacial score (nSPS) is 16.0. The van der Waals surface area contributed by atoms with Gasteiger partial charge in [-0.3, -0.25) is 10.1 Å². The summed E-state index contributed by atoms with van der Waals surface area (Å²) in [6.45, 7) is 4.77. The molecule has 7 nitrogen and oxygen atoms in total. The fourth-order valence-corrected chi connectivity index (χ4v) is 2.62. The predicted octanol–water partition coefficient (Wildman–Crippen LogP) is 2.21. The molecule has 0 radical (unpaired) electrons. The number of urea groups is 1. The van der Waals surface area contributed by atoms with Crippen molar-refractivity contribution in [2.45, 2.75) is 58.6 Å². The lowest BCUT2D eigenvalue weighted by atomic mass is 10.2. The first kappa shape index (κ1) is 17.1. The Hall–Kier alpha value is -2.31. The van der Waals surface area contributed by atoms with E-state index in [2.05, 4.69) is 10.6 Å². The van der Waals surface area contributed by atoms with Crippen LogP contribution in [0.2, 0.25) is 0 Å². The highest BCUT2D eigenvalue weighted by atomic mass is 16.5. The molecule has 1 aliphatic rings. The van der Waals surface area contributed by atoms with Gasteiger partial charge in [0, 0.05) is 6.04 Å². The summed E-state index contributed by atoms with van der Waals surface area (Å²) in [6, 6.07) is 1.10. The minimum Gasteiger partial charge on any atom is -0.466 e. The summed E-state index contributed by atoms with van der Waals surface area (Å²) in [4.78, 5) is 35.6. The van der Waals surface area contributed by atoms with Crippen LogP contribution in [0.3, 0.4) is 0 Å². The molecule has 7 heteroatoms. The van der Waals surface area contributed by atoms with Crippen molar-refractivity contribution in [2.75, 3.05) is 0 Å². The molecular formula is C16H22N2O5. The molecule has 1 unspecified atom stereocenters. The van der Waals surface area contributed by atoms with E-state index in [4.69, 9.17) is 9.15 Å². The van der Waals surface area contributed by atoms with Crippen LogP contribution in [-0.4, -0.2) is 30.1 Å². The fraction of sp³-hybridized carbons (Fsp3) is 0.562.